The van der Waals surface area contributed by atoms with E-state index in [0.717, 1.165) is 18.2 Å². The molecule has 4 nitrogen and oxygen atoms in total. The number of rotatable bonds is 5. The van der Waals surface area contributed by atoms with Gasteiger partial charge >= 0.3 is 0 Å². The fourth-order valence-corrected chi connectivity index (χ4v) is 2.69. The van der Waals surface area contributed by atoms with Gasteiger partial charge in [0, 0.05) is 6.04 Å². The van der Waals surface area contributed by atoms with Crippen molar-refractivity contribution in [3.63, 3.8) is 0 Å². The van der Waals surface area contributed by atoms with Crippen LogP contribution >= 0.6 is 0 Å². The number of nitrogens with two attached hydrogens (primary N) is 1. The second-order valence-corrected chi connectivity index (χ2v) is 5.89. The van der Waals surface area contributed by atoms with Gasteiger partial charge in [0.1, 0.15) is 5.82 Å². The van der Waals surface area contributed by atoms with Crippen LogP contribution in [0.3, 0.4) is 0 Å². The van der Waals surface area contributed by atoms with Gasteiger partial charge in [0.2, 0.25) is 5.88 Å². The summed E-state index contributed by atoms with van der Waals surface area (Å²) >= 11 is 0. The first-order valence-corrected chi connectivity index (χ1v) is 7.85. The number of aromatic nitrogens is 1. The summed E-state index contributed by atoms with van der Waals surface area (Å²) in [5.74, 6) is 2.29. The zero-order valence-corrected chi connectivity index (χ0v) is 12.7. The molecular formula is C16H27N3O. The Balaban J connectivity index is 1.98. The van der Waals surface area contributed by atoms with Crippen LogP contribution in [0.5, 0.6) is 5.88 Å². The molecular weight excluding hydrogens is 250 g/mol. The number of nitrogens with zero attached hydrogens (tertiary/aromatic N) is 1. The zero-order chi connectivity index (χ0) is 14.4. The van der Waals surface area contributed by atoms with E-state index in [-0.39, 0.29) is 0 Å². The molecule has 2 rings (SSSR count). The molecule has 3 N–H and O–H groups in total. The molecule has 2 atom stereocenters. The lowest BCUT2D eigenvalue weighted by Crippen LogP contribution is -2.19. The Morgan fingerprint density at radius 2 is 2.15 bits per heavy atom. The van der Waals surface area contributed by atoms with Crippen molar-refractivity contribution in [3.8, 4) is 5.88 Å². The van der Waals surface area contributed by atoms with Crippen LogP contribution in [0.15, 0.2) is 12.1 Å². The minimum absolute atomic E-state index is 0.523. The summed E-state index contributed by atoms with van der Waals surface area (Å²) in [6.07, 6.45) is 7.34. The first-order chi connectivity index (χ1) is 9.69. The fraction of sp³-hybridized carbons (Fsp3) is 0.688. The monoisotopic (exact) mass is 277 g/mol. The molecule has 1 aliphatic carbocycles. The highest BCUT2D eigenvalue weighted by Crippen LogP contribution is 2.26. The smallest absolute Gasteiger partial charge is 0.239 e. The topological polar surface area (TPSA) is 60.2 Å². The minimum Gasteiger partial charge on any atom is -0.476 e. The number of nitrogens with one attached hydrogen (secondary N) is 1. The molecule has 1 saturated carbocycles. The van der Waals surface area contributed by atoms with Gasteiger partial charge < -0.3 is 15.8 Å². The predicted molar refractivity (Wildman–Crippen MR) is 84.1 cm³/mol. The van der Waals surface area contributed by atoms with Gasteiger partial charge in [-0.25, -0.2) is 0 Å². The summed E-state index contributed by atoms with van der Waals surface area (Å²) in [5, 5.41) is 3.54. The minimum atomic E-state index is 0.523. The molecule has 0 bridgehead atoms. The van der Waals surface area contributed by atoms with Crippen molar-refractivity contribution < 1.29 is 4.74 Å². The first-order valence-electron chi connectivity index (χ1n) is 7.85. The maximum atomic E-state index is 5.89. The van der Waals surface area contributed by atoms with E-state index >= 15 is 0 Å². The van der Waals surface area contributed by atoms with Crippen molar-refractivity contribution in [1.29, 1.82) is 0 Å². The SMILES string of the molecule is CCCOc1nc(NC2CCCC(C)CC2)ccc1N. The highest BCUT2D eigenvalue weighted by molar-refractivity contribution is 5.53. The van der Waals surface area contributed by atoms with Gasteiger partial charge in [0.25, 0.3) is 0 Å². The van der Waals surface area contributed by atoms with E-state index in [1.54, 1.807) is 0 Å². The summed E-state index contributed by atoms with van der Waals surface area (Å²) in [6, 6.07) is 4.34. The van der Waals surface area contributed by atoms with Crippen LogP contribution in [0, 0.1) is 5.92 Å². The average Bonchev–Trinajstić information content (AvgIpc) is 2.64. The number of hydrogen-bond donors (Lipinski definition) is 2. The quantitative estimate of drug-likeness (QED) is 0.803. The molecule has 0 amide bonds. The van der Waals surface area contributed by atoms with Gasteiger partial charge in [-0.2, -0.15) is 4.98 Å². The van der Waals surface area contributed by atoms with E-state index in [4.69, 9.17) is 10.5 Å². The summed E-state index contributed by atoms with van der Waals surface area (Å²) in [5.41, 5.74) is 6.50. The lowest BCUT2D eigenvalue weighted by Gasteiger charge is -2.18. The summed E-state index contributed by atoms with van der Waals surface area (Å²) in [6.45, 7) is 5.08. The Morgan fingerprint density at radius 3 is 2.95 bits per heavy atom. The number of hydrogen-bond acceptors (Lipinski definition) is 4. The van der Waals surface area contributed by atoms with E-state index in [0.29, 0.717) is 24.2 Å². The molecule has 0 saturated heterocycles. The first kappa shape index (κ1) is 14.9. The van der Waals surface area contributed by atoms with Gasteiger partial charge in [0.05, 0.1) is 12.3 Å². The van der Waals surface area contributed by atoms with Crippen molar-refractivity contribution in [2.75, 3.05) is 17.7 Å². The number of pyridine rings is 1. The third-order valence-electron chi connectivity index (χ3n) is 3.94. The fourth-order valence-electron chi connectivity index (χ4n) is 2.69. The van der Waals surface area contributed by atoms with Crippen molar-refractivity contribution in [1.82, 2.24) is 4.98 Å². The summed E-state index contributed by atoms with van der Waals surface area (Å²) in [4.78, 5) is 4.50. The molecule has 2 unspecified atom stereocenters. The van der Waals surface area contributed by atoms with Crippen LogP contribution in [0.1, 0.15) is 52.4 Å². The molecule has 1 aromatic heterocycles. The second kappa shape index (κ2) is 7.36. The molecule has 0 aromatic carbocycles. The van der Waals surface area contributed by atoms with Gasteiger partial charge in [-0.15, -0.1) is 0 Å². The second-order valence-electron chi connectivity index (χ2n) is 5.89. The third kappa shape index (κ3) is 4.29. The Hall–Kier alpha value is -1.45. The van der Waals surface area contributed by atoms with Crippen molar-refractivity contribution in [3.05, 3.63) is 12.1 Å². The molecule has 4 heteroatoms. The molecule has 112 valence electrons. The van der Waals surface area contributed by atoms with E-state index in [1.165, 1.54) is 32.1 Å². The highest BCUT2D eigenvalue weighted by atomic mass is 16.5. The Kier molecular flexibility index (Phi) is 5.50. The standard InChI is InChI=1S/C16H27N3O/c1-3-11-20-16-14(17)9-10-15(19-16)18-13-6-4-5-12(2)7-8-13/h9-10,12-13H,3-8,11,17H2,1-2H3,(H,18,19). The molecule has 0 spiro atoms. The van der Waals surface area contributed by atoms with Gasteiger partial charge in [0.15, 0.2) is 0 Å². The molecule has 0 radical (unpaired) electrons. The van der Waals surface area contributed by atoms with Crippen LogP contribution in [-0.4, -0.2) is 17.6 Å². The Labute approximate surface area is 122 Å². The Morgan fingerprint density at radius 1 is 1.30 bits per heavy atom. The van der Waals surface area contributed by atoms with E-state index in [1.807, 2.05) is 12.1 Å². The van der Waals surface area contributed by atoms with Crippen LogP contribution in [0.25, 0.3) is 0 Å². The average molecular weight is 277 g/mol. The maximum absolute atomic E-state index is 5.89. The van der Waals surface area contributed by atoms with Crippen LogP contribution in [0.2, 0.25) is 0 Å². The highest BCUT2D eigenvalue weighted by Gasteiger charge is 2.16. The molecule has 1 aliphatic rings. The van der Waals surface area contributed by atoms with Gasteiger partial charge in [-0.3, -0.25) is 0 Å². The molecule has 1 heterocycles. The van der Waals surface area contributed by atoms with Crippen LogP contribution in [-0.2, 0) is 0 Å². The van der Waals surface area contributed by atoms with E-state index < -0.39 is 0 Å². The predicted octanol–water partition coefficient (Wildman–Crippen LogP) is 3.83. The van der Waals surface area contributed by atoms with Gasteiger partial charge in [-0.1, -0.05) is 26.7 Å². The van der Waals surface area contributed by atoms with Crippen molar-refractivity contribution in [2.24, 2.45) is 5.92 Å². The normalized spacial score (nSPS) is 23.1. The number of ether oxygens (including phenoxy) is 1. The van der Waals surface area contributed by atoms with Crippen LogP contribution < -0.4 is 15.8 Å². The number of anilines is 2. The maximum Gasteiger partial charge on any atom is 0.239 e. The van der Waals surface area contributed by atoms with Crippen LogP contribution in [0.4, 0.5) is 11.5 Å². The van der Waals surface area contributed by atoms with Crippen molar-refractivity contribution in [2.45, 2.75) is 58.4 Å². The largest absolute Gasteiger partial charge is 0.476 e. The van der Waals surface area contributed by atoms with Crippen molar-refractivity contribution >= 4 is 11.5 Å². The molecule has 1 aromatic rings. The van der Waals surface area contributed by atoms with Gasteiger partial charge in [-0.05, 0) is 43.7 Å². The zero-order valence-electron chi connectivity index (χ0n) is 12.7. The lowest BCUT2D eigenvalue weighted by atomic mass is 10.0. The molecule has 0 aliphatic heterocycles. The Bertz CT molecular complexity index is 422. The van der Waals surface area contributed by atoms with E-state index in [2.05, 4.69) is 24.1 Å². The number of nitrogen functional groups attached to an aromatic ring is 1. The summed E-state index contributed by atoms with van der Waals surface area (Å²) in [7, 11) is 0. The lowest BCUT2D eigenvalue weighted by molar-refractivity contribution is 0.307. The molecule has 1 fully saturated rings. The van der Waals surface area contributed by atoms with E-state index in [9.17, 15) is 0 Å². The summed E-state index contributed by atoms with van der Waals surface area (Å²) < 4.78 is 5.58. The third-order valence-corrected chi connectivity index (χ3v) is 3.94. The molecule has 20 heavy (non-hydrogen) atoms.